The number of nitrogens with zero attached hydrogens (tertiary/aromatic N) is 3. The van der Waals surface area contributed by atoms with Crippen LogP contribution in [0.3, 0.4) is 0 Å². The fourth-order valence-electron chi connectivity index (χ4n) is 4.08. The number of aryl methyl sites for hydroxylation is 1. The summed E-state index contributed by atoms with van der Waals surface area (Å²) in [5.41, 5.74) is 1.96. The number of aromatic nitrogens is 3. The standard InChI is InChI=1S/C29H23FN4O3/c1-2-34-28(35)27(32-24-16-8-15-23-21(24)13-9-17-31-23)25(26(33-34)19-10-4-3-5-11-19)29(36)37-18-20-12-6-7-14-22(20)30/h3-17,32H,2,18H2,1H3. The normalized spacial score (nSPS) is 10.9. The molecule has 0 atom stereocenters. The van der Waals surface area contributed by atoms with Gasteiger partial charge in [-0.25, -0.2) is 13.9 Å². The molecule has 0 saturated carbocycles. The average Bonchev–Trinajstić information content (AvgIpc) is 2.94. The van der Waals surface area contributed by atoms with Gasteiger partial charge in [0.05, 0.1) is 5.52 Å². The Bertz CT molecular complexity index is 1650. The van der Waals surface area contributed by atoms with Gasteiger partial charge in [-0.05, 0) is 37.3 Å². The van der Waals surface area contributed by atoms with Crippen LogP contribution in [0.4, 0.5) is 15.8 Å². The van der Waals surface area contributed by atoms with Crippen molar-refractivity contribution in [1.29, 1.82) is 0 Å². The van der Waals surface area contributed by atoms with E-state index >= 15 is 0 Å². The van der Waals surface area contributed by atoms with E-state index in [1.165, 1.54) is 16.8 Å². The molecule has 7 nitrogen and oxygen atoms in total. The fraction of sp³-hybridized carbons (Fsp3) is 0.103. The number of rotatable bonds is 7. The van der Waals surface area contributed by atoms with E-state index in [9.17, 15) is 14.0 Å². The highest BCUT2D eigenvalue weighted by Gasteiger charge is 2.26. The van der Waals surface area contributed by atoms with Gasteiger partial charge in [-0.15, -0.1) is 0 Å². The van der Waals surface area contributed by atoms with Crippen molar-refractivity contribution in [2.75, 3.05) is 5.32 Å². The lowest BCUT2D eigenvalue weighted by Crippen LogP contribution is -2.29. The van der Waals surface area contributed by atoms with Crippen LogP contribution in [-0.2, 0) is 17.9 Å². The van der Waals surface area contributed by atoms with Gasteiger partial charge in [0.1, 0.15) is 29.4 Å². The monoisotopic (exact) mass is 494 g/mol. The summed E-state index contributed by atoms with van der Waals surface area (Å²) in [4.78, 5) is 31.5. The number of nitrogens with one attached hydrogen (secondary N) is 1. The van der Waals surface area contributed by atoms with Crippen LogP contribution in [-0.4, -0.2) is 20.7 Å². The van der Waals surface area contributed by atoms with Gasteiger partial charge >= 0.3 is 5.97 Å². The van der Waals surface area contributed by atoms with Gasteiger partial charge in [-0.1, -0.05) is 54.6 Å². The predicted octanol–water partition coefficient (Wildman–Crippen LogP) is 5.72. The summed E-state index contributed by atoms with van der Waals surface area (Å²) in [6, 6.07) is 24.3. The first-order chi connectivity index (χ1) is 18.1. The van der Waals surface area contributed by atoms with Crippen LogP contribution in [0.2, 0.25) is 0 Å². The molecule has 5 aromatic rings. The Morgan fingerprint density at radius 1 is 0.973 bits per heavy atom. The van der Waals surface area contributed by atoms with Gasteiger partial charge in [-0.2, -0.15) is 5.10 Å². The van der Waals surface area contributed by atoms with Gasteiger partial charge in [0.25, 0.3) is 5.56 Å². The summed E-state index contributed by atoms with van der Waals surface area (Å²) in [5.74, 6) is -1.28. The summed E-state index contributed by atoms with van der Waals surface area (Å²) in [7, 11) is 0. The van der Waals surface area contributed by atoms with Crippen LogP contribution >= 0.6 is 0 Å². The van der Waals surface area contributed by atoms with Gasteiger partial charge in [-0.3, -0.25) is 9.78 Å². The zero-order valence-electron chi connectivity index (χ0n) is 20.0. The van der Waals surface area contributed by atoms with Gasteiger partial charge in [0.2, 0.25) is 0 Å². The average molecular weight is 495 g/mol. The first-order valence-electron chi connectivity index (χ1n) is 11.8. The molecule has 2 heterocycles. The van der Waals surface area contributed by atoms with Crippen molar-refractivity contribution in [2.45, 2.75) is 20.1 Å². The van der Waals surface area contributed by atoms with E-state index < -0.39 is 17.3 Å². The third-order valence-electron chi connectivity index (χ3n) is 5.93. The van der Waals surface area contributed by atoms with E-state index in [4.69, 9.17) is 4.74 Å². The summed E-state index contributed by atoms with van der Waals surface area (Å²) >= 11 is 0. The molecule has 2 aromatic heterocycles. The SMILES string of the molecule is CCn1nc(-c2ccccc2)c(C(=O)OCc2ccccc2F)c(Nc2cccc3ncccc23)c1=O. The van der Waals surface area contributed by atoms with Crippen LogP contribution in [0.15, 0.2) is 95.9 Å². The quantitative estimate of drug-likeness (QED) is 0.291. The topological polar surface area (TPSA) is 86.1 Å². The highest BCUT2D eigenvalue weighted by atomic mass is 19.1. The second kappa shape index (κ2) is 10.4. The molecule has 5 rings (SSSR count). The molecule has 0 aliphatic heterocycles. The van der Waals surface area contributed by atoms with Crippen LogP contribution in [0.25, 0.3) is 22.2 Å². The Balaban J connectivity index is 1.67. The maximum atomic E-state index is 14.2. The Morgan fingerprint density at radius 2 is 1.76 bits per heavy atom. The van der Waals surface area contributed by atoms with Crippen molar-refractivity contribution in [3.05, 3.63) is 118 Å². The minimum absolute atomic E-state index is 0.0191. The number of carbonyl (C=O) groups excluding carboxylic acids is 1. The zero-order chi connectivity index (χ0) is 25.8. The van der Waals surface area contributed by atoms with Crippen molar-refractivity contribution >= 4 is 28.2 Å². The number of hydrogen-bond donors (Lipinski definition) is 1. The number of anilines is 2. The van der Waals surface area contributed by atoms with Crippen molar-refractivity contribution in [3.8, 4) is 11.3 Å². The lowest BCUT2D eigenvalue weighted by atomic mass is 10.0. The molecule has 0 saturated heterocycles. The van der Waals surface area contributed by atoms with Gasteiger partial charge in [0, 0.05) is 34.9 Å². The highest BCUT2D eigenvalue weighted by Crippen LogP contribution is 2.30. The molecule has 0 fully saturated rings. The van der Waals surface area contributed by atoms with Crippen molar-refractivity contribution < 1.29 is 13.9 Å². The Hall–Kier alpha value is -4.85. The zero-order valence-corrected chi connectivity index (χ0v) is 20.0. The minimum atomic E-state index is -0.796. The molecule has 0 bridgehead atoms. The smallest absolute Gasteiger partial charge is 0.343 e. The van der Waals surface area contributed by atoms with Crippen LogP contribution in [0.1, 0.15) is 22.8 Å². The first-order valence-corrected chi connectivity index (χ1v) is 11.8. The van der Waals surface area contributed by atoms with E-state index in [1.807, 2.05) is 36.4 Å². The van der Waals surface area contributed by atoms with E-state index in [0.29, 0.717) is 11.3 Å². The second-order valence-electron chi connectivity index (χ2n) is 8.25. The number of hydrogen-bond acceptors (Lipinski definition) is 6. The number of pyridine rings is 1. The Kier molecular flexibility index (Phi) is 6.72. The van der Waals surface area contributed by atoms with E-state index in [-0.39, 0.29) is 35.7 Å². The molecule has 0 radical (unpaired) electrons. The van der Waals surface area contributed by atoms with Crippen molar-refractivity contribution in [3.63, 3.8) is 0 Å². The van der Waals surface area contributed by atoms with Crippen LogP contribution in [0.5, 0.6) is 0 Å². The fourth-order valence-corrected chi connectivity index (χ4v) is 4.08. The molecule has 0 unspecified atom stereocenters. The summed E-state index contributed by atoms with van der Waals surface area (Å²) in [6.45, 7) is 1.79. The third kappa shape index (κ3) is 4.81. The first kappa shape index (κ1) is 23.9. The summed E-state index contributed by atoms with van der Waals surface area (Å²) in [6.07, 6.45) is 1.68. The number of carbonyl (C=O) groups is 1. The molecule has 1 N–H and O–H groups in total. The van der Waals surface area contributed by atoms with Crippen LogP contribution < -0.4 is 10.9 Å². The summed E-state index contributed by atoms with van der Waals surface area (Å²) in [5, 5.41) is 8.44. The molecule has 0 aliphatic rings. The Morgan fingerprint density at radius 3 is 2.54 bits per heavy atom. The maximum Gasteiger partial charge on any atom is 0.343 e. The number of fused-ring (bicyclic) bond motifs is 1. The Labute approximate surface area is 212 Å². The molecular weight excluding hydrogens is 471 g/mol. The molecule has 37 heavy (non-hydrogen) atoms. The van der Waals surface area contributed by atoms with Gasteiger partial charge < -0.3 is 10.1 Å². The minimum Gasteiger partial charge on any atom is -0.457 e. The van der Waals surface area contributed by atoms with E-state index in [1.54, 1.807) is 49.5 Å². The largest absolute Gasteiger partial charge is 0.457 e. The maximum absolute atomic E-state index is 14.2. The molecule has 0 amide bonds. The molecule has 8 heteroatoms. The second-order valence-corrected chi connectivity index (χ2v) is 8.25. The highest BCUT2D eigenvalue weighted by molar-refractivity contribution is 6.03. The molecular formula is C29H23FN4O3. The number of ether oxygens (including phenoxy) is 1. The third-order valence-corrected chi connectivity index (χ3v) is 5.93. The molecule has 184 valence electrons. The summed E-state index contributed by atoms with van der Waals surface area (Å²) < 4.78 is 21.0. The van der Waals surface area contributed by atoms with E-state index in [2.05, 4.69) is 15.4 Å². The predicted molar refractivity (Wildman–Crippen MR) is 140 cm³/mol. The van der Waals surface area contributed by atoms with Gasteiger partial charge in [0.15, 0.2) is 0 Å². The number of esters is 1. The lowest BCUT2D eigenvalue weighted by molar-refractivity contribution is 0.0470. The van der Waals surface area contributed by atoms with Crippen molar-refractivity contribution in [2.24, 2.45) is 0 Å². The number of halogens is 1. The van der Waals surface area contributed by atoms with E-state index in [0.717, 1.165) is 10.9 Å². The molecule has 0 spiro atoms. The number of benzene rings is 3. The molecule has 0 aliphatic carbocycles. The van der Waals surface area contributed by atoms with Crippen molar-refractivity contribution in [1.82, 2.24) is 14.8 Å². The molecule has 3 aromatic carbocycles. The lowest BCUT2D eigenvalue weighted by Gasteiger charge is -2.18. The van der Waals surface area contributed by atoms with Crippen LogP contribution in [0, 0.1) is 5.82 Å².